The van der Waals surface area contributed by atoms with Crippen LogP contribution in [0.5, 0.6) is 0 Å². The molecule has 0 saturated carbocycles. The predicted octanol–water partition coefficient (Wildman–Crippen LogP) is 0.311. The van der Waals surface area contributed by atoms with Gasteiger partial charge in [0.1, 0.15) is 5.88 Å². The van der Waals surface area contributed by atoms with E-state index in [1.54, 1.807) is 0 Å². The van der Waals surface area contributed by atoms with Gasteiger partial charge in [-0.25, -0.2) is 8.78 Å². The lowest BCUT2D eigenvalue weighted by Crippen LogP contribution is -2.37. The number of aliphatic hydroxyl groups is 1. The van der Waals surface area contributed by atoms with E-state index in [0.717, 1.165) is 4.90 Å². The van der Waals surface area contributed by atoms with E-state index in [-0.39, 0.29) is 19.0 Å². The Morgan fingerprint density at radius 1 is 1.58 bits per heavy atom. The topological polar surface area (TPSA) is 40.5 Å². The number of carbonyl (C=O) groups excluding carboxylic acids is 1. The van der Waals surface area contributed by atoms with E-state index < -0.39 is 18.9 Å². The number of hydrogen-bond donors (Lipinski definition) is 1. The van der Waals surface area contributed by atoms with Crippen LogP contribution in [0.1, 0.15) is 0 Å². The summed E-state index contributed by atoms with van der Waals surface area (Å²) >= 11 is 5.15. The fourth-order valence-electron chi connectivity index (χ4n) is 0.690. The predicted molar refractivity (Wildman–Crippen MR) is 40.4 cm³/mol. The second kappa shape index (κ2) is 6.14. The Labute approximate surface area is 73.9 Å². The summed E-state index contributed by atoms with van der Waals surface area (Å²) in [6.45, 7) is -1.11. The molecule has 1 amide bonds. The zero-order valence-electron chi connectivity index (χ0n) is 6.34. The largest absolute Gasteiger partial charge is 0.395 e. The van der Waals surface area contributed by atoms with Crippen LogP contribution >= 0.6 is 11.6 Å². The average Bonchev–Trinajstić information content (AvgIpc) is 2.01. The third kappa shape index (κ3) is 4.46. The molecule has 0 heterocycles. The maximum Gasteiger partial charge on any atom is 0.255 e. The number of halogens is 3. The highest BCUT2D eigenvalue weighted by Crippen LogP contribution is 1.99. The van der Waals surface area contributed by atoms with Crippen molar-refractivity contribution in [3.63, 3.8) is 0 Å². The monoisotopic (exact) mass is 201 g/mol. The van der Waals surface area contributed by atoms with Crippen molar-refractivity contribution in [1.82, 2.24) is 4.90 Å². The number of alkyl halides is 3. The number of amides is 1. The number of nitrogens with zero attached hydrogens (tertiary/aromatic N) is 1. The summed E-state index contributed by atoms with van der Waals surface area (Å²) in [6, 6.07) is 0. The third-order valence-electron chi connectivity index (χ3n) is 1.20. The average molecular weight is 202 g/mol. The van der Waals surface area contributed by atoms with E-state index >= 15 is 0 Å². The maximum atomic E-state index is 11.8. The van der Waals surface area contributed by atoms with Crippen LogP contribution in [0, 0.1) is 0 Å². The van der Waals surface area contributed by atoms with E-state index in [1.807, 2.05) is 0 Å². The van der Waals surface area contributed by atoms with Crippen molar-refractivity contribution < 1.29 is 18.7 Å². The van der Waals surface area contributed by atoms with Gasteiger partial charge in [-0.05, 0) is 0 Å². The fourth-order valence-corrected chi connectivity index (χ4v) is 0.859. The normalized spacial score (nSPS) is 10.4. The molecule has 3 nitrogen and oxygen atoms in total. The van der Waals surface area contributed by atoms with Gasteiger partial charge >= 0.3 is 0 Å². The summed E-state index contributed by atoms with van der Waals surface area (Å²) in [5, 5.41) is 8.41. The van der Waals surface area contributed by atoms with Gasteiger partial charge in [0.05, 0.1) is 13.2 Å². The van der Waals surface area contributed by atoms with Crippen LogP contribution in [0.2, 0.25) is 0 Å². The van der Waals surface area contributed by atoms with Gasteiger partial charge < -0.3 is 10.0 Å². The molecule has 0 aromatic carbocycles. The van der Waals surface area contributed by atoms with E-state index in [1.165, 1.54) is 0 Å². The number of aliphatic hydroxyl groups excluding tert-OH is 1. The summed E-state index contributed by atoms with van der Waals surface area (Å²) in [7, 11) is 0. The molecule has 0 fully saturated rings. The molecule has 12 heavy (non-hydrogen) atoms. The second-order valence-corrected chi connectivity index (χ2v) is 2.36. The SMILES string of the molecule is O=C(CCl)N(CCO)CC(F)F. The van der Waals surface area contributed by atoms with E-state index in [2.05, 4.69) is 0 Å². The molecule has 1 N–H and O–H groups in total. The van der Waals surface area contributed by atoms with Crippen LogP contribution in [0.25, 0.3) is 0 Å². The van der Waals surface area contributed by atoms with Crippen LogP contribution in [0.3, 0.4) is 0 Å². The minimum Gasteiger partial charge on any atom is -0.395 e. The summed E-state index contributed by atoms with van der Waals surface area (Å²) in [5.74, 6) is -0.932. The van der Waals surface area contributed by atoms with Crippen LogP contribution in [-0.4, -0.2) is 47.9 Å². The molecule has 0 aliphatic heterocycles. The Hall–Kier alpha value is -0.420. The Kier molecular flexibility index (Phi) is 5.92. The molecule has 0 radical (unpaired) electrons. The molecule has 0 atom stereocenters. The van der Waals surface area contributed by atoms with E-state index in [4.69, 9.17) is 16.7 Å². The minimum atomic E-state index is -2.59. The van der Waals surface area contributed by atoms with Crippen molar-refractivity contribution in [2.75, 3.05) is 25.6 Å². The summed E-state index contributed by atoms with van der Waals surface area (Å²) in [6.07, 6.45) is -2.59. The quantitative estimate of drug-likeness (QED) is 0.651. The highest BCUT2D eigenvalue weighted by molar-refractivity contribution is 6.27. The summed E-state index contributed by atoms with van der Waals surface area (Å²) in [4.78, 5) is 11.6. The number of rotatable bonds is 5. The van der Waals surface area contributed by atoms with Crippen molar-refractivity contribution in [3.8, 4) is 0 Å². The van der Waals surface area contributed by atoms with Crippen LogP contribution in [0.15, 0.2) is 0 Å². The zero-order chi connectivity index (χ0) is 9.56. The maximum absolute atomic E-state index is 11.8. The first-order valence-corrected chi connectivity index (χ1v) is 3.88. The number of hydrogen-bond acceptors (Lipinski definition) is 2. The van der Waals surface area contributed by atoms with Gasteiger partial charge in [0.15, 0.2) is 0 Å². The first-order valence-electron chi connectivity index (χ1n) is 3.34. The molecule has 0 spiro atoms. The van der Waals surface area contributed by atoms with Crippen molar-refractivity contribution in [2.45, 2.75) is 6.43 Å². The Bertz CT molecular complexity index is 146. The van der Waals surface area contributed by atoms with Crippen LogP contribution < -0.4 is 0 Å². The van der Waals surface area contributed by atoms with E-state index in [9.17, 15) is 13.6 Å². The highest BCUT2D eigenvalue weighted by atomic mass is 35.5. The fraction of sp³-hybridized carbons (Fsp3) is 0.833. The molecule has 0 aromatic heterocycles. The first-order chi connectivity index (χ1) is 5.61. The smallest absolute Gasteiger partial charge is 0.255 e. The molecule has 0 unspecified atom stereocenters. The molecule has 0 saturated heterocycles. The van der Waals surface area contributed by atoms with Crippen molar-refractivity contribution >= 4 is 17.5 Å². The molecule has 0 aliphatic carbocycles. The molecule has 0 aliphatic rings. The molecule has 0 aromatic rings. The zero-order valence-corrected chi connectivity index (χ0v) is 7.10. The van der Waals surface area contributed by atoms with Gasteiger partial charge in [-0.1, -0.05) is 0 Å². The van der Waals surface area contributed by atoms with Gasteiger partial charge in [-0.2, -0.15) is 0 Å². The minimum absolute atomic E-state index is 0.101. The van der Waals surface area contributed by atoms with Crippen molar-refractivity contribution in [2.24, 2.45) is 0 Å². The van der Waals surface area contributed by atoms with Crippen molar-refractivity contribution in [1.29, 1.82) is 0 Å². The van der Waals surface area contributed by atoms with Gasteiger partial charge in [-0.15, -0.1) is 11.6 Å². The first kappa shape index (κ1) is 11.6. The standard InChI is InChI=1S/C6H10ClF2NO2/c7-3-6(12)10(1-2-11)4-5(8)9/h5,11H,1-4H2. The lowest BCUT2D eigenvalue weighted by molar-refractivity contribution is -0.130. The summed E-state index contributed by atoms with van der Waals surface area (Å²) in [5.41, 5.74) is 0. The Balaban J connectivity index is 3.94. The van der Waals surface area contributed by atoms with Crippen molar-refractivity contribution in [3.05, 3.63) is 0 Å². The number of carbonyl (C=O) groups is 1. The molecule has 6 heteroatoms. The van der Waals surface area contributed by atoms with Gasteiger partial charge in [0.2, 0.25) is 5.91 Å². The molecular formula is C6H10ClF2NO2. The van der Waals surface area contributed by atoms with Gasteiger partial charge in [0.25, 0.3) is 6.43 Å². The Morgan fingerprint density at radius 3 is 2.50 bits per heavy atom. The second-order valence-electron chi connectivity index (χ2n) is 2.09. The molecule has 0 rings (SSSR count). The Morgan fingerprint density at radius 2 is 2.17 bits per heavy atom. The molecular weight excluding hydrogens is 192 g/mol. The lowest BCUT2D eigenvalue weighted by Gasteiger charge is -2.19. The highest BCUT2D eigenvalue weighted by Gasteiger charge is 2.16. The summed E-state index contributed by atoms with van der Waals surface area (Å²) < 4.78 is 23.6. The third-order valence-corrected chi connectivity index (χ3v) is 1.42. The van der Waals surface area contributed by atoms with Gasteiger partial charge in [0, 0.05) is 6.54 Å². The van der Waals surface area contributed by atoms with Crippen LogP contribution in [0.4, 0.5) is 8.78 Å². The lowest BCUT2D eigenvalue weighted by atomic mass is 10.4. The van der Waals surface area contributed by atoms with Crippen LogP contribution in [-0.2, 0) is 4.79 Å². The van der Waals surface area contributed by atoms with E-state index in [0.29, 0.717) is 0 Å². The molecule has 72 valence electrons. The van der Waals surface area contributed by atoms with Gasteiger partial charge in [-0.3, -0.25) is 4.79 Å². The molecule has 0 bridgehead atoms.